The van der Waals surface area contributed by atoms with Crippen LogP contribution < -0.4 is 9.80 Å². The maximum absolute atomic E-state index is 12.6. The lowest BCUT2D eigenvalue weighted by Gasteiger charge is -2.33. The van der Waals surface area contributed by atoms with Gasteiger partial charge in [-0.05, 0) is 12.1 Å². The van der Waals surface area contributed by atoms with Gasteiger partial charge < -0.3 is 9.80 Å². The number of aromatic nitrogens is 1. The molecule has 0 unspecified atom stereocenters. The fourth-order valence-electron chi connectivity index (χ4n) is 2.85. The maximum atomic E-state index is 12.6. The fraction of sp³-hybridized carbons (Fsp3) is 0.353. The van der Waals surface area contributed by atoms with E-state index in [1.807, 2.05) is 18.2 Å². The van der Waals surface area contributed by atoms with Gasteiger partial charge in [0.25, 0.3) is 0 Å². The van der Waals surface area contributed by atoms with E-state index in [1.165, 1.54) is 16.5 Å². The number of hydrogen-bond acceptors (Lipinski definition) is 2. The summed E-state index contributed by atoms with van der Waals surface area (Å²) in [4.78, 5) is 7.51. The van der Waals surface area contributed by atoms with Crippen LogP contribution in [0.15, 0.2) is 48.7 Å². The molecule has 1 aliphatic heterocycles. The molecule has 23 heavy (non-hydrogen) atoms. The van der Waals surface area contributed by atoms with Gasteiger partial charge in [0.15, 0.2) is 0 Å². The monoisotopic (exact) mass is 322 g/mol. The Kier molecular flexibility index (Phi) is 4.52. The molecule has 0 radical (unpaired) electrons. The van der Waals surface area contributed by atoms with E-state index in [-0.39, 0.29) is 0 Å². The number of hydrogen-bond donors (Lipinski definition) is 1. The summed E-state index contributed by atoms with van der Waals surface area (Å²) < 4.78 is 37.7. The third kappa shape index (κ3) is 4.01. The molecule has 2 heterocycles. The van der Waals surface area contributed by atoms with Crippen LogP contribution >= 0.6 is 0 Å². The zero-order valence-corrected chi connectivity index (χ0v) is 12.7. The first-order chi connectivity index (χ1) is 11.0. The molecule has 0 bridgehead atoms. The van der Waals surface area contributed by atoms with Gasteiger partial charge in [-0.15, -0.1) is 0 Å². The molecule has 1 aromatic heterocycles. The van der Waals surface area contributed by atoms with E-state index in [0.29, 0.717) is 5.82 Å². The number of quaternary nitrogens is 1. The highest BCUT2D eigenvalue weighted by Gasteiger charge is 2.31. The fourth-order valence-corrected chi connectivity index (χ4v) is 2.85. The van der Waals surface area contributed by atoms with Gasteiger partial charge in [-0.2, -0.15) is 13.2 Å². The van der Waals surface area contributed by atoms with Crippen LogP contribution in [-0.4, -0.2) is 31.2 Å². The van der Waals surface area contributed by atoms with Crippen molar-refractivity contribution in [2.75, 3.05) is 31.1 Å². The summed E-state index contributed by atoms with van der Waals surface area (Å²) in [7, 11) is 0. The van der Waals surface area contributed by atoms with Crippen molar-refractivity contribution >= 4 is 5.82 Å². The molecule has 1 aromatic carbocycles. The smallest absolute Gasteiger partial charge is 0.345 e. The quantitative estimate of drug-likeness (QED) is 0.933. The SMILES string of the molecule is FC(F)(F)c1ccc(N2CC[NH+](Cc3ccccc3)CC2)nc1. The molecule has 1 saturated heterocycles. The Morgan fingerprint density at radius 2 is 1.70 bits per heavy atom. The van der Waals surface area contributed by atoms with Gasteiger partial charge in [-0.3, -0.25) is 0 Å². The van der Waals surface area contributed by atoms with E-state index in [0.717, 1.165) is 45.0 Å². The Morgan fingerprint density at radius 3 is 2.26 bits per heavy atom. The largest absolute Gasteiger partial charge is 0.417 e. The molecular formula is C17H19F3N3+. The van der Waals surface area contributed by atoms with Crippen LogP contribution in [0.5, 0.6) is 0 Å². The lowest BCUT2D eigenvalue weighted by molar-refractivity contribution is -0.914. The van der Waals surface area contributed by atoms with Crippen LogP contribution in [0.4, 0.5) is 19.0 Å². The number of nitrogens with one attached hydrogen (secondary N) is 1. The van der Waals surface area contributed by atoms with Gasteiger partial charge in [0, 0.05) is 11.8 Å². The van der Waals surface area contributed by atoms with Gasteiger partial charge in [0.05, 0.1) is 31.7 Å². The standard InChI is InChI=1S/C17H18F3N3/c18-17(19,20)15-6-7-16(21-12-15)23-10-8-22(9-11-23)13-14-4-2-1-3-5-14/h1-7,12H,8-11,13H2/p+1. The highest BCUT2D eigenvalue weighted by Crippen LogP contribution is 2.29. The molecular weight excluding hydrogens is 303 g/mol. The van der Waals surface area contributed by atoms with Crippen molar-refractivity contribution in [2.24, 2.45) is 0 Å². The molecule has 0 atom stereocenters. The van der Waals surface area contributed by atoms with Crippen molar-refractivity contribution in [2.45, 2.75) is 12.7 Å². The summed E-state index contributed by atoms with van der Waals surface area (Å²) in [5.41, 5.74) is 0.609. The van der Waals surface area contributed by atoms with Crippen LogP contribution in [0.3, 0.4) is 0 Å². The van der Waals surface area contributed by atoms with E-state index < -0.39 is 11.7 Å². The molecule has 6 heteroatoms. The first-order valence-electron chi connectivity index (χ1n) is 7.68. The highest BCUT2D eigenvalue weighted by atomic mass is 19.4. The first kappa shape index (κ1) is 15.8. The Labute approximate surface area is 133 Å². The molecule has 1 fully saturated rings. The molecule has 3 rings (SSSR count). The minimum Gasteiger partial charge on any atom is -0.345 e. The molecule has 0 amide bonds. The van der Waals surface area contributed by atoms with Crippen LogP contribution in [0.1, 0.15) is 11.1 Å². The highest BCUT2D eigenvalue weighted by molar-refractivity contribution is 5.40. The number of nitrogens with zero attached hydrogens (tertiary/aromatic N) is 2. The Morgan fingerprint density at radius 1 is 1.00 bits per heavy atom. The van der Waals surface area contributed by atoms with Crippen molar-refractivity contribution < 1.29 is 18.1 Å². The van der Waals surface area contributed by atoms with Crippen LogP contribution in [0, 0.1) is 0 Å². The zero-order chi connectivity index (χ0) is 16.3. The number of anilines is 1. The minimum atomic E-state index is -4.33. The Bertz CT molecular complexity index is 618. The van der Waals surface area contributed by atoms with E-state index in [9.17, 15) is 13.2 Å². The van der Waals surface area contributed by atoms with E-state index in [1.54, 1.807) is 0 Å². The number of piperazine rings is 1. The summed E-state index contributed by atoms with van der Waals surface area (Å²) >= 11 is 0. The second-order valence-electron chi connectivity index (χ2n) is 5.80. The predicted molar refractivity (Wildman–Crippen MR) is 82.3 cm³/mol. The van der Waals surface area contributed by atoms with E-state index in [4.69, 9.17) is 0 Å². The molecule has 122 valence electrons. The third-order valence-corrected chi connectivity index (χ3v) is 4.17. The van der Waals surface area contributed by atoms with Crippen molar-refractivity contribution in [3.63, 3.8) is 0 Å². The molecule has 1 aliphatic rings. The summed E-state index contributed by atoms with van der Waals surface area (Å²) in [5.74, 6) is 0.622. The Hall–Kier alpha value is -2.08. The number of benzene rings is 1. The summed E-state index contributed by atoms with van der Waals surface area (Å²) in [6, 6.07) is 12.9. The maximum Gasteiger partial charge on any atom is 0.417 e. The summed E-state index contributed by atoms with van der Waals surface area (Å²) in [6.07, 6.45) is -3.41. The second-order valence-corrected chi connectivity index (χ2v) is 5.80. The normalized spacial score (nSPS) is 16.6. The lowest BCUT2D eigenvalue weighted by Crippen LogP contribution is -3.13. The summed E-state index contributed by atoms with van der Waals surface area (Å²) in [6.45, 7) is 4.51. The van der Waals surface area contributed by atoms with Gasteiger partial charge in [0.1, 0.15) is 12.4 Å². The third-order valence-electron chi connectivity index (χ3n) is 4.17. The van der Waals surface area contributed by atoms with Gasteiger partial charge in [-0.1, -0.05) is 30.3 Å². The summed E-state index contributed by atoms with van der Waals surface area (Å²) in [5, 5.41) is 0. The van der Waals surface area contributed by atoms with Gasteiger partial charge >= 0.3 is 6.18 Å². The average molecular weight is 322 g/mol. The molecule has 0 aliphatic carbocycles. The van der Waals surface area contributed by atoms with E-state index >= 15 is 0 Å². The molecule has 3 nitrogen and oxygen atoms in total. The van der Waals surface area contributed by atoms with Gasteiger partial charge in [0.2, 0.25) is 0 Å². The Balaban J connectivity index is 1.56. The first-order valence-corrected chi connectivity index (χ1v) is 7.68. The van der Waals surface area contributed by atoms with Crippen molar-refractivity contribution in [3.8, 4) is 0 Å². The molecule has 0 spiro atoms. The van der Waals surface area contributed by atoms with Crippen LogP contribution in [0.2, 0.25) is 0 Å². The van der Waals surface area contributed by atoms with Crippen LogP contribution in [-0.2, 0) is 12.7 Å². The molecule has 0 saturated carbocycles. The second kappa shape index (κ2) is 6.58. The van der Waals surface area contributed by atoms with Gasteiger partial charge in [-0.25, -0.2) is 4.98 Å². The van der Waals surface area contributed by atoms with Crippen molar-refractivity contribution in [3.05, 3.63) is 59.8 Å². The van der Waals surface area contributed by atoms with Crippen molar-refractivity contribution in [1.29, 1.82) is 0 Å². The number of rotatable bonds is 3. The average Bonchev–Trinajstić information content (AvgIpc) is 2.56. The number of halogens is 3. The molecule has 2 aromatic rings. The minimum absolute atomic E-state index is 0.622. The van der Waals surface area contributed by atoms with Crippen molar-refractivity contribution in [1.82, 2.24) is 4.98 Å². The van der Waals surface area contributed by atoms with Crippen LogP contribution in [0.25, 0.3) is 0 Å². The van der Waals surface area contributed by atoms with E-state index in [2.05, 4.69) is 22.0 Å². The lowest BCUT2D eigenvalue weighted by atomic mass is 10.2. The molecule has 1 N–H and O–H groups in total. The topological polar surface area (TPSA) is 20.6 Å². The number of alkyl halides is 3. The number of pyridine rings is 1. The predicted octanol–water partition coefficient (Wildman–Crippen LogP) is 2.01. The zero-order valence-electron chi connectivity index (χ0n) is 12.7.